The standard InChI is InChI=1S/C17H23N3O.ClH/c1-12(10-18)19-17(21)16-9-13(2)20(14(16)3)11-15-7-5-4-6-8-15;/h4-9,12H,10-11,18H2,1-3H3,(H,19,21);1H/t12-;/m0./s1. The van der Waals surface area contributed by atoms with Gasteiger partial charge in [-0.3, -0.25) is 4.79 Å². The Bertz CT molecular complexity index is 622. The number of aromatic nitrogens is 1. The van der Waals surface area contributed by atoms with Gasteiger partial charge in [0.15, 0.2) is 0 Å². The molecule has 0 unspecified atom stereocenters. The second-order valence-electron chi connectivity index (χ2n) is 5.47. The molecule has 0 aliphatic rings. The molecule has 0 aliphatic carbocycles. The minimum atomic E-state index is -0.0552. The van der Waals surface area contributed by atoms with E-state index in [2.05, 4.69) is 22.0 Å². The molecule has 1 amide bonds. The number of aryl methyl sites for hydroxylation is 1. The zero-order chi connectivity index (χ0) is 15.4. The lowest BCUT2D eigenvalue weighted by atomic mass is 10.2. The van der Waals surface area contributed by atoms with E-state index >= 15 is 0 Å². The first-order valence-corrected chi connectivity index (χ1v) is 7.24. The van der Waals surface area contributed by atoms with E-state index in [-0.39, 0.29) is 24.4 Å². The second-order valence-corrected chi connectivity index (χ2v) is 5.47. The van der Waals surface area contributed by atoms with Crippen LogP contribution in [0.4, 0.5) is 0 Å². The van der Waals surface area contributed by atoms with E-state index in [4.69, 9.17) is 5.73 Å². The van der Waals surface area contributed by atoms with Crippen molar-refractivity contribution in [2.75, 3.05) is 6.54 Å². The van der Waals surface area contributed by atoms with Crippen molar-refractivity contribution in [3.8, 4) is 0 Å². The smallest absolute Gasteiger partial charge is 0.253 e. The molecule has 1 aromatic heterocycles. The Balaban J connectivity index is 0.00000242. The monoisotopic (exact) mass is 321 g/mol. The van der Waals surface area contributed by atoms with Gasteiger partial charge in [-0.15, -0.1) is 12.4 Å². The van der Waals surface area contributed by atoms with E-state index in [0.29, 0.717) is 6.54 Å². The summed E-state index contributed by atoms with van der Waals surface area (Å²) in [5.74, 6) is -0.0552. The minimum absolute atomic E-state index is 0. The third kappa shape index (κ3) is 4.12. The van der Waals surface area contributed by atoms with E-state index in [9.17, 15) is 4.79 Å². The topological polar surface area (TPSA) is 60.1 Å². The zero-order valence-corrected chi connectivity index (χ0v) is 14.1. The van der Waals surface area contributed by atoms with Crippen molar-refractivity contribution in [3.63, 3.8) is 0 Å². The van der Waals surface area contributed by atoms with Gasteiger partial charge in [0, 0.05) is 30.5 Å². The fourth-order valence-corrected chi connectivity index (χ4v) is 2.40. The summed E-state index contributed by atoms with van der Waals surface area (Å²) in [4.78, 5) is 12.3. The molecule has 120 valence electrons. The molecule has 5 heteroatoms. The first kappa shape index (κ1) is 18.3. The summed E-state index contributed by atoms with van der Waals surface area (Å²) in [6, 6.07) is 12.2. The van der Waals surface area contributed by atoms with Crippen LogP contribution in [0.5, 0.6) is 0 Å². The first-order chi connectivity index (χ1) is 10.0. The van der Waals surface area contributed by atoms with E-state index in [1.165, 1.54) is 5.56 Å². The van der Waals surface area contributed by atoms with Gasteiger partial charge in [0.1, 0.15) is 0 Å². The first-order valence-electron chi connectivity index (χ1n) is 7.24. The van der Waals surface area contributed by atoms with Gasteiger partial charge in [-0.25, -0.2) is 0 Å². The molecule has 2 rings (SSSR count). The van der Waals surface area contributed by atoms with Crippen LogP contribution in [-0.2, 0) is 6.54 Å². The van der Waals surface area contributed by atoms with Crippen molar-refractivity contribution in [1.29, 1.82) is 0 Å². The van der Waals surface area contributed by atoms with Crippen LogP contribution < -0.4 is 11.1 Å². The van der Waals surface area contributed by atoms with Crippen LogP contribution in [-0.4, -0.2) is 23.1 Å². The van der Waals surface area contributed by atoms with Crippen molar-refractivity contribution in [1.82, 2.24) is 9.88 Å². The molecule has 1 aromatic carbocycles. The summed E-state index contributed by atoms with van der Waals surface area (Å²) in [6.45, 7) is 7.13. The molecule has 0 aliphatic heterocycles. The Morgan fingerprint density at radius 2 is 1.91 bits per heavy atom. The highest BCUT2D eigenvalue weighted by Gasteiger charge is 2.16. The number of nitrogens with two attached hydrogens (primary N) is 1. The lowest BCUT2D eigenvalue weighted by Crippen LogP contribution is -2.37. The number of rotatable bonds is 5. The molecular formula is C17H24ClN3O. The van der Waals surface area contributed by atoms with Crippen LogP contribution >= 0.6 is 12.4 Å². The Morgan fingerprint density at radius 1 is 1.27 bits per heavy atom. The minimum Gasteiger partial charge on any atom is -0.348 e. The molecule has 22 heavy (non-hydrogen) atoms. The van der Waals surface area contributed by atoms with Crippen LogP contribution in [0, 0.1) is 13.8 Å². The Labute approximate surface area is 138 Å². The average molecular weight is 322 g/mol. The van der Waals surface area contributed by atoms with Crippen molar-refractivity contribution >= 4 is 18.3 Å². The van der Waals surface area contributed by atoms with E-state index in [0.717, 1.165) is 23.5 Å². The predicted octanol–water partition coefficient (Wildman–Crippen LogP) is 2.65. The molecule has 1 atom stereocenters. The number of halogens is 1. The molecule has 3 N–H and O–H groups in total. The maximum absolute atomic E-state index is 12.3. The van der Waals surface area contributed by atoms with E-state index in [1.807, 2.05) is 45.0 Å². The van der Waals surface area contributed by atoms with Crippen molar-refractivity contribution in [3.05, 3.63) is 58.9 Å². The largest absolute Gasteiger partial charge is 0.348 e. The van der Waals surface area contributed by atoms with Gasteiger partial charge in [0.25, 0.3) is 5.91 Å². The fourth-order valence-electron chi connectivity index (χ4n) is 2.40. The molecule has 0 spiro atoms. The molecule has 0 fully saturated rings. The van der Waals surface area contributed by atoms with Gasteiger partial charge in [-0.1, -0.05) is 30.3 Å². The van der Waals surface area contributed by atoms with Gasteiger partial charge in [-0.2, -0.15) is 0 Å². The Hall–Kier alpha value is -1.78. The number of nitrogens with zero attached hydrogens (tertiary/aromatic N) is 1. The van der Waals surface area contributed by atoms with Crippen molar-refractivity contribution in [2.45, 2.75) is 33.4 Å². The molecule has 2 aromatic rings. The lowest BCUT2D eigenvalue weighted by molar-refractivity contribution is 0.0940. The Kier molecular flexibility index (Phi) is 6.65. The molecule has 0 bridgehead atoms. The number of carbonyl (C=O) groups is 1. The summed E-state index contributed by atoms with van der Waals surface area (Å²) in [5.41, 5.74) is 9.57. The zero-order valence-electron chi connectivity index (χ0n) is 13.3. The molecule has 1 heterocycles. The SMILES string of the molecule is Cc1cc(C(=O)N[C@@H](C)CN)c(C)n1Cc1ccccc1.Cl. The van der Waals surface area contributed by atoms with Crippen molar-refractivity contribution in [2.24, 2.45) is 5.73 Å². The predicted molar refractivity (Wildman–Crippen MR) is 92.7 cm³/mol. The quantitative estimate of drug-likeness (QED) is 0.889. The third-order valence-corrected chi connectivity index (χ3v) is 3.73. The second kappa shape index (κ2) is 8.01. The molecule has 0 radical (unpaired) electrons. The maximum Gasteiger partial charge on any atom is 0.253 e. The highest BCUT2D eigenvalue weighted by Crippen LogP contribution is 2.17. The number of amides is 1. The average Bonchev–Trinajstić information content (AvgIpc) is 2.76. The summed E-state index contributed by atoms with van der Waals surface area (Å²) in [5, 5.41) is 2.91. The highest BCUT2D eigenvalue weighted by molar-refractivity contribution is 5.95. The maximum atomic E-state index is 12.3. The Morgan fingerprint density at radius 3 is 2.50 bits per heavy atom. The van der Waals surface area contributed by atoms with Gasteiger partial charge < -0.3 is 15.6 Å². The summed E-state index contributed by atoms with van der Waals surface area (Å²) < 4.78 is 2.16. The van der Waals surface area contributed by atoms with Gasteiger partial charge in [-0.05, 0) is 32.4 Å². The number of hydrogen-bond acceptors (Lipinski definition) is 2. The van der Waals surface area contributed by atoms with Crippen LogP contribution in [0.1, 0.15) is 34.2 Å². The van der Waals surface area contributed by atoms with Gasteiger partial charge in [0.2, 0.25) is 0 Å². The van der Waals surface area contributed by atoms with Gasteiger partial charge >= 0.3 is 0 Å². The number of nitrogens with one attached hydrogen (secondary N) is 1. The summed E-state index contributed by atoms with van der Waals surface area (Å²) in [6.07, 6.45) is 0. The summed E-state index contributed by atoms with van der Waals surface area (Å²) in [7, 11) is 0. The van der Waals surface area contributed by atoms with Crippen LogP contribution in [0.25, 0.3) is 0 Å². The number of benzene rings is 1. The van der Waals surface area contributed by atoms with Crippen LogP contribution in [0.15, 0.2) is 36.4 Å². The molecular weight excluding hydrogens is 298 g/mol. The van der Waals surface area contributed by atoms with E-state index < -0.39 is 0 Å². The molecule has 4 nitrogen and oxygen atoms in total. The fraction of sp³-hybridized carbons (Fsp3) is 0.353. The summed E-state index contributed by atoms with van der Waals surface area (Å²) >= 11 is 0. The van der Waals surface area contributed by atoms with Crippen LogP contribution in [0.2, 0.25) is 0 Å². The van der Waals surface area contributed by atoms with E-state index in [1.54, 1.807) is 0 Å². The van der Waals surface area contributed by atoms with Crippen LogP contribution in [0.3, 0.4) is 0 Å². The molecule has 0 saturated carbocycles. The van der Waals surface area contributed by atoms with Crippen molar-refractivity contribution < 1.29 is 4.79 Å². The number of carbonyl (C=O) groups excluding carboxylic acids is 1. The third-order valence-electron chi connectivity index (χ3n) is 3.73. The number of hydrogen-bond donors (Lipinski definition) is 2. The lowest BCUT2D eigenvalue weighted by Gasteiger charge is -2.12. The molecule has 0 saturated heterocycles. The highest BCUT2D eigenvalue weighted by atomic mass is 35.5. The normalized spacial score (nSPS) is 11.6. The van der Waals surface area contributed by atoms with Gasteiger partial charge in [0.05, 0.1) is 5.56 Å².